The van der Waals surface area contributed by atoms with E-state index in [0.29, 0.717) is 0 Å². The van der Waals surface area contributed by atoms with Crippen LogP contribution in [0.1, 0.15) is 155 Å². The normalized spacial score (nSPS) is 13.2. The highest BCUT2D eigenvalue weighted by Gasteiger charge is 2.15. The van der Waals surface area contributed by atoms with Gasteiger partial charge in [-0.3, -0.25) is 4.79 Å². The van der Waals surface area contributed by atoms with E-state index in [1.165, 1.54) is 96.3 Å². The number of carbonyl (C=O) groups is 1. The van der Waals surface area contributed by atoms with Gasteiger partial charge in [-0.15, -0.1) is 0 Å². The molecule has 1 unspecified atom stereocenters. The van der Waals surface area contributed by atoms with Crippen molar-refractivity contribution in [3.8, 4) is 0 Å². The van der Waals surface area contributed by atoms with Crippen LogP contribution in [0.5, 0.6) is 0 Å². The minimum absolute atomic E-state index is 0.181. The van der Waals surface area contributed by atoms with Crippen molar-refractivity contribution in [2.75, 3.05) is 0 Å². The molecule has 0 aliphatic carbocycles. The molecule has 1 atom stereocenters. The number of rotatable bonds is 27. The average Bonchev–Trinajstić information content (AvgIpc) is 2.87. The van der Waals surface area contributed by atoms with Crippen molar-refractivity contribution in [1.82, 2.24) is 0 Å². The molecule has 0 bridgehead atoms. The van der Waals surface area contributed by atoms with Gasteiger partial charge in [-0.1, -0.05) is 152 Å². The molecule has 0 aromatic carbocycles. The van der Waals surface area contributed by atoms with Gasteiger partial charge in [0.05, 0.1) is 5.92 Å². The Morgan fingerprint density at radius 2 is 0.889 bits per heavy atom. The van der Waals surface area contributed by atoms with Crippen LogP contribution in [0, 0.1) is 5.92 Å². The highest BCUT2D eigenvalue weighted by atomic mass is 16.4. The zero-order chi connectivity index (χ0) is 26.4. The van der Waals surface area contributed by atoms with E-state index in [1.807, 2.05) is 0 Å². The zero-order valence-electron chi connectivity index (χ0n) is 24.1. The molecule has 0 saturated heterocycles. The summed E-state index contributed by atoms with van der Waals surface area (Å²) < 4.78 is 0. The standard InChI is InChI=1S/C34H60O2/c1-3-5-7-9-11-13-15-17-18-19-20-22-24-26-28-30-32-33(34(35)36)31-29-27-25-23-21-16-14-12-10-8-6-4-2/h11,13,17-18,20,22,26,28,33H,3-10,12,14-16,19,21,23-25,27,29-32H2,1-2H3,(H,35,36)/b13-11-,18-17-,22-20-,28-26-. The van der Waals surface area contributed by atoms with E-state index in [4.69, 9.17) is 0 Å². The largest absolute Gasteiger partial charge is 0.481 e. The summed E-state index contributed by atoms with van der Waals surface area (Å²) in [6, 6.07) is 0. The molecule has 0 aliphatic rings. The zero-order valence-corrected chi connectivity index (χ0v) is 24.1. The summed E-state index contributed by atoms with van der Waals surface area (Å²) >= 11 is 0. The van der Waals surface area contributed by atoms with E-state index in [1.54, 1.807) is 0 Å². The Kier molecular flexibility index (Phi) is 28.4. The maximum Gasteiger partial charge on any atom is 0.306 e. The first-order valence-electron chi connectivity index (χ1n) is 15.5. The molecule has 36 heavy (non-hydrogen) atoms. The topological polar surface area (TPSA) is 37.3 Å². The van der Waals surface area contributed by atoms with Crippen LogP contribution < -0.4 is 0 Å². The fourth-order valence-corrected chi connectivity index (χ4v) is 4.48. The van der Waals surface area contributed by atoms with Crippen molar-refractivity contribution >= 4 is 5.97 Å². The average molecular weight is 501 g/mol. The number of hydrogen-bond acceptors (Lipinski definition) is 1. The SMILES string of the molecule is CCCCC/C=C\C/C=C\C/C=C\C/C=C\CCC(CCCCCCCCCCCCCC)C(=O)O. The second-order valence-electron chi connectivity index (χ2n) is 10.4. The van der Waals surface area contributed by atoms with Crippen LogP contribution >= 0.6 is 0 Å². The Hall–Kier alpha value is -1.57. The number of allylic oxidation sites excluding steroid dienone is 8. The molecule has 0 aromatic rings. The fourth-order valence-electron chi connectivity index (χ4n) is 4.48. The van der Waals surface area contributed by atoms with Gasteiger partial charge in [0.15, 0.2) is 0 Å². The van der Waals surface area contributed by atoms with E-state index < -0.39 is 5.97 Å². The third-order valence-electron chi connectivity index (χ3n) is 6.89. The molecular formula is C34H60O2. The molecule has 0 spiro atoms. The molecule has 208 valence electrons. The molecule has 0 radical (unpaired) electrons. The molecule has 0 fully saturated rings. The second kappa shape index (κ2) is 29.7. The van der Waals surface area contributed by atoms with E-state index >= 15 is 0 Å². The fraction of sp³-hybridized carbons (Fsp3) is 0.735. The highest BCUT2D eigenvalue weighted by molar-refractivity contribution is 5.69. The number of carboxylic acids is 1. The number of unbranched alkanes of at least 4 members (excludes halogenated alkanes) is 14. The molecule has 1 N–H and O–H groups in total. The van der Waals surface area contributed by atoms with Gasteiger partial charge in [-0.25, -0.2) is 0 Å². The summed E-state index contributed by atoms with van der Waals surface area (Å²) in [7, 11) is 0. The molecule has 0 aliphatic heterocycles. The summed E-state index contributed by atoms with van der Waals surface area (Å²) in [6.45, 7) is 4.51. The van der Waals surface area contributed by atoms with Crippen LogP contribution in [0.25, 0.3) is 0 Å². The van der Waals surface area contributed by atoms with Gasteiger partial charge in [0, 0.05) is 0 Å². The molecule has 2 heteroatoms. The third kappa shape index (κ3) is 27.0. The van der Waals surface area contributed by atoms with Crippen molar-refractivity contribution < 1.29 is 9.90 Å². The molecule has 0 aromatic heterocycles. The summed E-state index contributed by atoms with van der Waals surface area (Å²) in [4.78, 5) is 11.6. The van der Waals surface area contributed by atoms with Crippen molar-refractivity contribution in [3.05, 3.63) is 48.6 Å². The lowest BCUT2D eigenvalue weighted by molar-refractivity contribution is -0.142. The Morgan fingerprint density at radius 1 is 0.500 bits per heavy atom. The van der Waals surface area contributed by atoms with Crippen molar-refractivity contribution in [3.63, 3.8) is 0 Å². The van der Waals surface area contributed by atoms with Crippen LogP contribution in [0.2, 0.25) is 0 Å². The Bertz CT molecular complexity index is 570. The van der Waals surface area contributed by atoms with Crippen molar-refractivity contribution in [2.45, 2.75) is 155 Å². The first kappa shape index (κ1) is 34.4. The van der Waals surface area contributed by atoms with Crippen LogP contribution in [-0.2, 0) is 4.79 Å². The maximum absolute atomic E-state index is 11.6. The number of aliphatic carboxylic acids is 1. The van der Waals surface area contributed by atoms with Crippen LogP contribution in [0.15, 0.2) is 48.6 Å². The lowest BCUT2D eigenvalue weighted by Crippen LogP contribution is -2.13. The summed E-state index contributed by atoms with van der Waals surface area (Å²) in [5.74, 6) is -0.798. The van der Waals surface area contributed by atoms with Gasteiger partial charge in [-0.05, 0) is 51.4 Å². The van der Waals surface area contributed by atoms with Gasteiger partial charge < -0.3 is 5.11 Å². The minimum Gasteiger partial charge on any atom is -0.481 e. The van der Waals surface area contributed by atoms with Crippen LogP contribution in [0.4, 0.5) is 0 Å². The second-order valence-corrected chi connectivity index (χ2v) is 10.4. The molecule has 0 rings (SSSR count). The van der Waals surface area contributed by atoms with Crippen LogP contribution in [0.3, 0.4) is 0 Å². The molecular weight excluding hydrogens is 440 g/mol. The van der Waals surface area contributed by atoms with Gasteiger partial charge in [0.25, 0.3) is 0 Å². The smallest absolute Gasteiger partial charge is 0.306 e. The van der Waals surface area contributed by atoms with Gasteiger partial charge in [-0.2, -0.15) is 0 Å². The first-order valence-corrected chi connectivity index (χ1v) is 15.5. The van der Waals surface area contributed by atoms with Crippen molar-refractivity contribution in [2.24, 2.45) is 5.92 Å². The van der Waals surface area contributed by atoms with Gasteiger partial charge in [0.1, 0.15) is 0 Å². The van der Waals surface area contributed by atoms with E-state index in [0.717, 1.165) is 44.9 Å². The van der Waals surface area contributed by atoms with Gasteiger partial charge in [0.2, 0.25) is 0 Å². The predicted octanol–water partition coefficient (Wildman–Crippen LogP) is 11.5. The number of hydrogen-bond donors (Lipinski definition) is 1. The van der Waals surface area contributed by atoms with E-state index in [2.05, 4.69) is 62.5 Å². The monoisotopic (exact) mass is 500 g/mol. The Balaban J connectivity index is 3.66. The summed E-state index contributed by atoms with van der Waals surface area (Å²) in [6.07, 6.45) is 44.2. The number of carboxylic acid groups (broad SMARTS) is 1. The van der Waals surface area contributed by atoms with Crippen molar-refractivity contribution in [1.29, 1.82) is 0 Å². The minimum atomic E-state index is -0.617. The third-order valence-corrected chi connectivity index (χ3v) is 6.89. The first-order chi connectivity index (χ1) is 17.7. The summed E-state index contributed by atoms with van der Waals surface area (Å²) in [5.41, 5.74) is 0. The predicted molar refractivity (Wildman–Crippen MR) is 161 cm³/mol. The molecule has 0 saturated carbocycles. The van der Waals surface area contributed by atoms with Crippen LogP contribution in [-0.4, -0.2) is 11.1 Å². The molecule has 0 amide bonds. The maximum atomic E-state index is 11.6. The van der Waals surface area contributed by atoms with E-state index in [-0.39, 0.29) is 5.92 Å². The Morgan fingerprint density at radius 3 is 1.36 bits per heavy atom. The molecule has 0 heterocycles. The highest BCUT2D eigenvalue weighted by Crippen LogP contribution is 2.18. The quantitative estimate of drug-likeness (QED) is 0.0899. The Labute approximate surface area is 225 Å². The molecule has 2 nitrogen and oxygen atoms in total. The lowest BCUT2D eigenvalue weighted by atomic mass is 9.95. The summed E-state index contributed by atoms with van der Waals surface area (Å²) in [5, 5.41) is 9.53. The van der Waals surface area contributed by atoms with E-state index in [9.17, 15) is 9.90 Å². The van der Waals surface area contributed by atoms with Gasteiger partial charge >= 0.3 is 5.97 Å². The lowest BCUT2D eigenvalue weighted by Gasteiger charge is -2.10.